The molecule has 0 rings (SSSR count). The Hall–Kier alpha value is 0.986. The predicted molar refractivity (Wildman–Crippen MR) is 41.4 cm³/mol. The molecule has 6 heteroatoms. The first-order valence-corrected chi connectivity index (χ1v) is 9.78. The maximum absolute atomic E-state index is 12.2. The molecule has 0 aromatic carbocycles. The first kappa shape index (κ1) is 9.99. The molecule has 1 nitrogen and oxygen atoms in total. The zero-order chi connectivity index (χ0) is 7.71. The minimum atomic E-state index is -3.85. The van der Waals surface area contributed by atoms with Crippen molar-refractivity contribution in [3.8, 4) is 0 Å². The summed E-state index contributed by atoms with van der Waals surface area (Å²) in [5, 5.41) is 0. The van der Waals surface area contributed by atoms with Gasteiger partial charge in [0.1, 0.15) is 0 Å². The van der Waals surface area contributed by atoms with Crippen molar-refractivity contribution in [3.63, 3.8) is 0 Å². The molecule has 0 spiro atoms. The van der Waals surface area contributed by atoms with Gasteiger partial charge >= 0.3 is 62.4 Å². The second kappa shape index (κ2) is 2.93. The van der Waals surface area contributed by atoms with Crippen LogP contribution >= 0.6 is 6.28 Å². The Morgan fingerprint density at radius 3 is 1.67 bits per heavy atom. The Balaban J connectivity index is 3.90. The molecule has 0 saturated carbocycles. The van der Waals surface area contributed by atoms with Crippen LogP contribution in [0.5, 0.6) is 0 Å². The molecule has 0 aromatic heterocycles. The van der Waals surface area contributed by atoms with Crippen LogP contribution in [0.25, 0.3) is 0 Å². The normalized spacial score (nSPS) is 13.9. The van der Waals surface area contributed by atoms with E-state index < -0.39 is 14.5 Å². The van der Waals surface area contributed by atoms with Gasteiger partial charge in [-0.3, -0.25) is 0 Å². The summed E-state index contributed by atoms with van der Waals surface area (Å²) in [5.74, 6) is 0. The van der Waals surface area contributed by atoms with Gasteiger partial charge in [-0.2, -0.15) is 0 Å². The topological polar surface area (TPSA) is 12.0 Å². The van der Waals surface area contributed by atoms with E-state index in [1.165, 1.54) is 0 Å². The summed E-state index contributed by atoms with van der Waals surface area (Å²) in [4.78, 5) is 0. The van der Waals surface area contributed by atoms with E-state index in [-0.39, 0.29) is 0 Å². The van der Waals surface area contributed by atoms with Crippen molar-refractivity contribution in [3.05, 3.63) is 0 Å². The molecule has 0 amide bonds. The molecule has 0 saturated heterocycles. The van der Waals surface area contributed by atoms with E-state index in [2.05, 4.69) is 4.75 Å². The monoisotopic (exact) mass is 237 g/mol. The Labute approximate surface area is 62.8 Å². The third-order valence-electron chi connectivity index (χ3n) is 0.466. The third kappa shape index (κ3) is 8.99. The fourth-order valence-corrected chi connectivity index (χ4v) is 8.69. The molecule has 0 aliphatic carbocycles. The average molecular weight is 236 g/mol. The van der Waals surface area contributed by atoms with Crippen LogP contribution in [0.15, 0.2) is 0 Å². The van der Waals surface area contributed by atoms with Gasteiger partial charge in [0.15, 0.2) is 0 Å². The molecule has 0 unspecified atom stereocenters. The molecule has 56 valence electrons. The van der Waals surface area contributed by atoms with Crippen molar-refractivity contribution in [1.82, 2.24) is 4.75 Å². The summed E-state index contributed by atoms with van der Waals surface area (Å²) in [6.07, 6.45) is -3.85. The van der Waals surface area contributed by atoms with Crippen LogP contribution in [-0.2, 0) is 0 Å². The van der Waals surface area contributed by atoms with Gasteiger partial charge in [-0.15, -0.1) is 0 Å². The third-order valence-corrected chi connectivity index (χ3v) is 5.91. The van der Waals surface area contributed by atoms with E-state index in [1.54, 1.807) is 0 Å². The van der Waals surface area contributed by atoms with Crippen LogP contribution in [-0.4, -0.2) is 23.3 Å². The van der Waals surface area contributed by atoms with Gasteiger partial charge in [0.25, 0.3) is 0 Å². The molecular weight excluding hydrogens is 226 g/mol. The minimum absolute atomic E-state index is 1.77. The molecule has 0 radical (unpaired) electrons. The Morgan fingerprint density at radius 2 is 1.67 bits per heavy atom. The van der Waals surface area contributed by atoms with Crippen molar-refractivity contribution in [2.24, 2.45) is 0 Å². The predicted octanol–water partition coefficient (Wildman–Crippen LogP) is 2.20. The van der Waals surface area contributed by atoms with E-state index >= 15 is 0 Å². The SMILES string of the molecule is C[Si](C)(C)NP(F)(F)=[Se]. The van der Waals surface area contributed by atoms with E-state index in [4.69, 9.17) is 0 Å². The van der Waals surface area contributed by atoms with Crippen molar-refractivity contribution >= 4 is 29.6 Å². The van der Waals surface area contributed by atoms with Gasteiger partial charge in [0.2, 0.25) is 0 Å². The first-order chi connectivity index (χ1) is 3.71. The van der Waals surface area contributed by atoms with Crippen molar-refractivity contribution < 1.29 is 8.39 Å². The zero-order valence-corrected chi connectivity index (χ0v) is 9.22. The molecule has 9 heavy (non-hydrogen) atoms. The van der Waals surface area contributed by atoms with Crippen molar-refractivity contribution in [2.75, 3.05) is 0 Å². The fourth-order valence-electron chi connectivity index (χ4n) is 0.390. The number of hydrogen-bond donors (Lipinski definition) is 1. The number of hydrogen-bond acceptors (Lipinski definition) is 1. The van der Waals surface area contributed by atoms with Crippen LogP contribution < -0.4 is 4.75 Å². The molecule has 0 bridgehead atoms. The molecular formula is C3H10F2NPSeSi. The fraction of sp³-hybridized carbons (Fsp3) is 1.00. The summed E-state index contributed by atoms with van der Waals surface area (Å²) in [6, 6.07) is 0. The van der Waals surface area contributed by atoms with E-state index in [9.17, 15) is 8.39 Å². The van der Waals surface area contributed by atoms with Crippen LogP contribution in [0.2, 0.25) is 19.6 Å². The second-order valence-corrected chi connectivity index (χ2v) is 12.0. The molecule has 0 aliphatic rings. The van der Waals surface area contributed by atoms with Gasteiger partial charge in [0.05, 0.1) is 0 Å². The van der Waals surface area contributed by atoms with E-state index in [0.717, 1.165) is 0 Å². The van der Waals surface area contributed by atoms with Gasteiger partial charge in [-0.05, 0) is 0 Å². The Morgan fingerprint density at radius 1 is 1.33 bits per heavy atom. The first-order valence-electron chi connectivity index (χ1n) is 2.49. The molecule has 0 aromatic rings. The second-order valence-electron chi connectivity index (χ2n) is 2.82. The summed E-state index contributed by atoms with van der Waals surface area (Å²) in [6.45, 7) is 5.54. The molecule has 0 aliphatic heterocycles. The molecule has 0 atom stereocenters. The van der Waals surface area contributed by atoms with Gasteiger partial charge in [-0.25, -0.2) is 0 Å². The van der Waals surface area contributed by atoms with Crippen LogP contribution in [0.3, 0.4) is 0 Å². The quantitative estimate of drug-likeness (QED) is 0.572. The summed E-state index contributed by atoms with van der Waals surface area (Å²) in [5.41, 5.74) is 0. The summed E-state index contributed by atoms with van der Waals surface area (Å²) < 4.78 is 26.7. The standard InChI is InChI=1S/C3H10F2NPSeSi/c1-9(2,3)6-7(4,5)8/h1-3H3,(H,6,8). The summed E-state index contributed by atoms with van der Waals surface area (Å²) >= 11 is 1.87. The molecule has 0 fully saturated rings. The van der Waals surface area contributed by atoms with Gasteiger partial charge in [-0.1, -0.05) is 0 Å². The van der Waals surface area contributed by atoms with E-state index in [1.807, 2.05) is 34.7 Å². The zero-order valence-electron chi connectivity index (χ0n) is 5.61. The molecule has 0 heterocycles. The summed E-state index contributed by atoms with van der Waals surface area (Å²) in [7, 11) is -1.77. The number of halogens is 2. The van der Waals surface area contributed by atoms with Crippen LogP contribution in [0.1, 0.15) is 0 Å². The number of rotatable bonds is 2. The van der Waals surface area contributed by atoms with Gasteiger partial charge < -0.3 is 0 Å². The van der Waals surface area contributed by atoms with Gasteiger partial charge in [0, 0.05) is 0 Å². The average Bonchev–Trinajstić information content (AvgIpc) is 1.14. The Kier molecular flexibility index (Phi) is 3.25. The van der Waals surface area contributed by atoms with Crippen molar-refractivity contribution in [1.29, 1.82) is 0 Å². The number of nitrogens with one attached hydrogen (secondary N) is 1. The van der Waals surface area contributed by atoms with Crippen LogP contribution in [0.4, 0.5) is 8.39 Å². The molecule has 1 N–H and O–H groups in total. The van der Waals surface area contributed by atoms with E-state index in [0.29, 0.717) is 0 Å². The maximum atomic E-state index is 12.2. The Bertz CT molecular complexity index is 139. The van der Waals surface area contributed by atoms with Crippen LogP contribution in [0, 0.1) is 0 Å². The van der Waals surface area contributed by atoms with Crippen molar-refractivity contribution in [2.45, 2.75) is 19.6 Å².